The quantitative estimate of drug-likeness (QED) is 0.471. The molecule has 7 heteroatoms. The first-order valence-corrected chi connectivity index (χ1v) is 8.79. The molecule has 0 aliphatic carbocycles. The zero-order valence-electron chi connectivity index (χ0n) is 13.8. The first-order valence-electron chi connectivity index (χ1n) is 7.31. The van der Waals surface area contributed by atoms with Crippen molar-refractivity contribution in [3.05, 3.63) is 0 Å². The van der Waals surface area contributed by atoms with E-state index in [9.17, 15) is 13.8 Å². The third-order valence-electron chi connectivity index (χ3n) is 3.71. The maximum absolute atomic E-state index is 11.9. The van der Waals surface area contributed by atoms with E-state index in [1.54, 1.807) is 33.9 Å². The highest BCUT2D eigenvalue weighted by atomic mass is 32.2. The summed E-state index contributed by atoms with van der Waals surface area (Å²) in [6.45, 7) is 6.82. The predicted octanol–water partition coefficient (Wildman–Crippen LogP) is 2.03. The summed E-state index contributed by atoms with van der Waals surface area (Å²) in [5, 5.41) is 19.6. The van der Waals surface area contributed by atoms with Gasteiger partial charge >= 0.3 is 5.97 Å². The predicted molar refractivity (Wildman–Crippen MR) is 85.3 cm³/mol. The Hall–Kier alpha value is -1.42. The molecule has 0 bridgehead atoms. The van der Waals surface area contributed by atoms with Crippen LogP contribution in [-0.4, -0.2) is 32.7 Å². The Kier molecular flexibility index (Phi) is 8.31. The summed E-state index contributed by atoms with van der Waals surface area (Å²) < 4.78 is 11.9. The van der Waals surface area contributed by atoms with Gasteiger partial charge in [-0.2, -0.15) is 5.26 Å². The number of aliphatic carboxylic acids is 1. The van der Waals surface area contributed by atoms with Gasteiger partial charge in [0.1, 0.15) is 0 Å². The Balaban J connectivity index is 4.04. The van der Waals surface area contributed by atoms with E-state index in [2.05, 4.69) is 5.32 Å². The van der Waals surface area contributed by atoms with Crippen LogP contribution in [0.3, 0.4) is 0 Å². The summed E-state index contributed by atoms with van der Waals surface area (Å²) in [5.74, 6) is -0.217. The highest BCUT2D eigenvalue weighted by Gasteiger charge is 2.28. The summed E-state index contributed by atoms with van der Waals surface area (Å²) in [6, 6.07) is 0. The van der Waals surface area contributed by atoms with Crippen molar-refractivity contribution in [1.29, 1.82) is 5.26 Å². The molecule has 0 heterocycles. The lowest BCUT2D eigenvalue weighted by Crippen LogP contribution is -2.34. The molecule has 0 radical (unpaired) electrons. The van der Waals surface area contributed by atoms with Crippen molar-refractivity contribution >= 4 is 22.7 Å². The molecule has 0 aromatic heterocycles. The second kappa shape index (κ2) is 8.89. The van der Waals surface area contributed by atoms with Crippen molar-refractivity contribution < 1.29 is 18.9 Å². The molecule has 0 saturated heterocycles. The van der Waals surface area contributed by atoms with Crippen molar-refractivity contribution in [3.8, 4) is 6.19 Å². The second-order valence-electron chi connectivity index (χ2n) is 6.69. The Morgan fingerprint density at radius 1 is 1.09 bits per heavy atom. The topological polar surface area (TPSA) is 107 Å². The Morgan fingerprint density at radius 2 is 1.55 bits per heavy atom. The average Bonchev–Trinajstić information content (AvgIpc) is 2.38. The molecule has 0 saturated carbocycles. The number of nitrogens with one attached hydrogen (secondary N) is 1. The second-order valence-corrected chi connectivity index (χ2v) is 8.39. The largest absolute Gasteiger partial charge is 0.481 e. The van der Waals surface area contributed by atoms with E-state index in [-0.39, 0.29) is 5.91 Å². The number of carbonyl (C=O) groups excluding carboxylic acids is 1. The van der Waals surface area contributed by atoms with E-state index >= 15 is 0 Å². The zero-order valence-corrected chi connectivity index (χ0v) is 14.6. The lowest BCUT2D eigenvalue weighted by atomic mass is 9.87. The number of rotatable bonds is 10. The summed E-state index contributed by atoms with van der Waals surface area (Å²) >= 11 is 0. The van der Waals surface area contributed by atoms with Crippen LogP contribution in [0, 0.1) is 22.3 Å². The molecule has 1 amide bonds. The van der Waals surface area contributed by atoms with E-state index in [1.165, 1.54) is 0 Å². The smallest absolute Gasteiger partial charge is 0.309 e. The normalized spacial score (nSPS) is 13.2. The Bertz CT molecular complexity index is 467. The van der Waals surface area contributed by atoms with Gasteiger partial charge in [-0.25, -0.2) is 0 Å². The first kappa shape index (κ1) is 20.6. The van der Waals surface area contributed by atoms with Gasteiger partial charge in [0.15, 0.2) is 6.19 Å². The van der Waals surface area contributed by atoms with Crippen molar-refractivity contribution in [1.82, 2.24) is 5.32 Å². The van der Waals surface area contributed by atoms with Crippen LogP contribution < -0.4 is 5.32 Å². The molecule has 1 atom stereocenters. The average molecular weight is 330 g/mol. The van der Waals surface area contributed by atoms with E-state index in [1.807, 2.05) is 0 Å². The standard InChI is InChI=1S/C15H26N2O4S/c1-14(2,12(18)17-11-16)7-5-9-22(21)10-6-8-15(3,4)13(19)20/h5-10H2,1-4H3,(H,17,18)(H,19,20). The SMILES string of the molecule is CC(C)(CCCS(=O)CCCC(C)(C)C(=O)NC#N)C(=O)O. The lowest BCUT2D eigenvalue weighted by Gasteiger charge is -2.21. The van der Waals surface area contributed by atoms with E-state index in [0.29, 0.717) is 37.2 Å². The summed E-state index contributed by atoms with van der Waals surface area (Å²) in [7, 11) is -1.01. The molecule has 0 rings (SSSR count). The van der Waals surface area contributed by atoms with Gasteiger partial charge in [0, 0.05) is 27.7 Å². The molecule has 0 aliphatic heterocycles. The molecule has 6 nitrogen and oxygen atoms in total. The minimum atomic E-state index is -1.01. The highest BCUT2D eigenvalue weighted by molar-refractivity contribution is 7.84. The number of carbonyl (C=O) groups is 2. The fourth-order valence-corrected chi connectivity index (χ4v) is 3.03. The van der Waals surface area contributed by atoms with Crippen molar-refractivity contribution in [2.24, 2.45) is 10.8 Å². The van der Waals surface area contributed by atoms with E-state index in [0.717, 1.165) is 0 Å². The minimum Gasteiger partial charge on any atom is -0.481 e. The van der Waals surface area contributed by atoms with Crippen LogP contribution in [0.1, 0.15) is 53.4 Å². The van der Waals surface area contributed by atoms with Crippen molar-refractivity contribution in [2.75, 3.05) is 11.5 Å². The van der Waals surface area contributed by atoms with Crippen LogP contribution in [0.15, 0.2) is 0 Å². The number of nitriles is 1. The third kappa shape index (κ3) is 7.55. The van der Waals surface area contributed by atoms with Crippen LogP contribution >= 0.6 is 0 Å². The molecule has 0 fully saturated rings. The summed E-state index contributed by atoms with van der Waals surface area (Å²) in [4.78, 5) is 22.6. The van der Waals surface area contributed by atoms with Gasteiger partial charge in [-0.05, 0) is 39.5 Å². The minimum absolute atomic E-state index is 0.330. The molecule has 2 N–H and O–H groups in total. The van der Waals surface area contributed by atoms with Gasteiger partial charge in [-0.15, -0.1) is 0 Å². The highest BCUT2D eigenvalue weighted by Crippen LogP contribution is 2.24. The number of carboxylic acid groups (broad SMARTS) is 1. The molecule has 126 valence electrons. The Labute approximate surface area is 134 Å². The molecule has 22 heavy (non-hydrogen) atoms. The van der Waals surface area contributed by atoms with Gasteiger partial charge in [0.2, 0.25) is 5.91 Å². The summed E-state index contributed by atoms with van der Waals surface area (Å²) in [5.41, 5.74) is -1.45. The maximum atomic E-state index is 11.9. The number of nitrogens with zero attached hydrogens (tertiary/aromatic N) is 1. The van der Waals surface area contributed by atoms with Gasteiger partial charge in [0.25, 0.3) is 0 Å². The van der Waals surface area contributed by atoms with Gasteiger partial charge < -0.3 is 5.11 Å². The third-order valence-corrected chi connectivity index (χ3v) is 5.20. The van der Waals surface area contributed by atoms with Crippen LogP contribution in [0.25, 0.3) is 0 Å². The van der Waals surface area contributed by atoms with Crippen LogP contribution in [-0.2, 0) is 20.4 Å². The first-order chi connectivity index (χ1) is 10.0. The number of hydrogen-bond acceptors (Lipinski definition) is 4. The molecular weight excluding hydrogens is 304 g/mol. The monoisotopic (exact) mass is 330 g/mol. The van der Waals surface area contributed by atoms with Crippen LogP contribution in [0.5, 0.6) is 0 Å². The Morgan fingerprint density at radius 3 is 1.95 bits per heavy atom. The van der Waals surface area contributed by atoms with Crippen LogP contribution in [0.4, 0.5) is 0 Å². The fourth-order valence-electron chi connectivity index (χ4n) is 1.89. The van der Waals surface area contributed by atoms with Crippen molar-refractivity contribution in [2.45, 2.75) is 53.4 Å². The molecule has 0 aliphatic rings. The van der Waals surface area contributed by atoms with Crippen LogP contribution in [0.2, 0.25) is 0 Å². The molecule has 0 aromatic rings. The van der Waals surface area contributed by atoms with E-state index in [4.69, 9.17) is 10.4 Å². The lowest BCUT2D eigenvalue weighted by molar-refractivity contribution is -0.147. The van der Waals surface area contributed by atoms with Gasteiger partial charge in [0.05, 0.1) is 5.41 Å². The van der Waals surface area contributed by atoms with E-state index < -0.39 is 27.6 Å². The maximum Gasteiger partial charge on any atom is 0.309 e. The molecule has 0 spiro atoms. The number of amides is 1. The fraction of sp³-hybridized carbons (Fsp3) is 0.800. The van der Waals surface area contributed by atoms with Gasteiger partial charge in [-0.1, -0.05) is 13.8 Å². The molecule has 0 aromatic carbocycles. The van der Waals surface area contributed by atoms with Crippen molar-refractivity contribution in [3.63, 3.8) is 0 Å². The zero-order chi connectivity index (χ0) is 17.4. The number of hydrogen-bond donors (Lipinski definition) is 2. The molecule has 1 unspecified atom stereocenters. The molecular formula is C15H26N2O4S. The summed E-state index contributed by atoms with van der Waals surface area (Å²) in [6.07, 6.45) is 3.88. The van der Waals surface area contributed by atoms with Gasteiger partial charge in [-0.3, -0.25) is 19.1 Å². The number of carboxylic acids is 1.